The van der Waals surface area contributed by atoms with Crippen molar-refractivity contribution in [2.45, 2.75) is 12.8 Å². The maximum atomic E-state index is 11.8. The highest BCUT2D eigenvalue weighted by atomic mass is 16.4. The van der Waals surface area contributed by atoms with Gasteiger partial charge in [0.1, 0.15) is 6.54 Å². The first kappa shape index (κ1) is 13.1. The van der Waals surface area contributed by atoms with Gasteiger partial charge >= 0.3 is 5.97 Å². The zero-order chi connectivity index (χ0) is 13.8. The minimum Gasteiger partial charge on any atom is -0.480 e. The van der Waals surface area contributed by atoms with Crippen LogP contribution >= 0.6 is 0 Å². The topological polar surface area (TPSA) is 66.4 Å². The van der Waals surface area contributed by atoms with Crippen molar-refractivity contribution < 1.29 is 14.7 Å². The molecule has 0 heterocycles. The standard InChI is InChI=1S/C15H15NO3/c1-10(15(19)16-9-14(17)18)12-7-6-11-4-2-3-5-13(11)8-12/h2-8,10H,9H2,1H3,(H,16,19)(H,17,18)/t10-/m0/s1. The smallest absolute Gasteiger partial charge is 0.322 e. The molecule has 2 rings (SSSR count). The highest BCUT2D eigenvalue weighted by Crippen LogP contribution is 2.21. The van der Waals surface area contributed by atoms with Crippen LogP contribution in [0.25, 0.3) is 10.8 Å². The number of benzene rings is 2. The molecule has 0 aliphatic carbocycles. The van der Waals surface area contributed by atoms with Crippen molar-refractivity contribution >= 4 is 22.6 Å². The molecular weight excluding hydrogens is 242 g/mol. The average Bonchev–Trinajstić information content (AvgIpc) is 2.43. The average molecular weight is 257 g/mol. The van der Waals surface area contributed by atoms with Crippen molar-refractivity contribution in [3.63, 3.8) is 0 Å². The fourth-order valence-corrected chi connectivity index (χ4v) is 1.94. The number of carboxylic acid groups (broad SMARTS) is 1. The normalized spacial score (nSPS) is 12.1. The Bertz CT molecular complexity index is 622. The predicted molar refractivity (Wildman–Crippen MR) is 73.0 cm³/mol. The molecule has 0 saturated carbocycles. The van der Waals surface area contributed by atoms with Crippen LogP contribution in [0.3, 0.4) is 0 Å². The second-order valence-corrected chi connectivity index (χ2v) is 4.44. The molecule has 19 heavy (non-hydrogen) atoms. The summed E-state index contributed by atoms with van der Waals surface area (Å²) in [5.41, 5.74) is 0.876. The number of carbonyl (C=O) groups excluding carboxylic acids is 1. The molecule has 0 radical (unpaired) electrons. The molecule has 2 aromatic carbocycles. The summed E-state index contributed by atoms with van der Waals surface area (Å²) in [6.45, 7) is 1.41. The summed E-state index contributed by atoms with van der Waals surface area (Å²) in [7, 11) is 0. The van der Waals surface area contributed by atoms with Crippen molar-refractivity contribution in [1.82, 2.24) is 5.32 Å². The van der Waals surface area contributed by atoms with E-state index < -0.39 is 5.97 Å². The van der Waals surface area contributed by atoms with Gasteiger partial charge in [0, 0.05) is 0 Å². The molecule has 0 spiro atoms. The zero-order valence-corrected chi connectivity index (χ0v) is 10.6. The molecule has 2 N–H and O–H groups in total. The van der Waals surface area contributed by atoms with Crippen LogP contribution in [0.2, 0.25) is 0 Å². The number of aliphatic carboxylic acids is 1. The summed E-state index contributed by atoms with van der Waals surface area (Å²) in [5.74, 6) is -1.69. The minimum atomic E-state index is -1.04. The highest BCUT2D eigenvalue weighted by Gasteiger charge is 2.15. The van der Waals surface area contributed by atoms with Crippen molar-refractivity contribution in [2.24, 2.45) is 0 Å². The Hall–Kier alpha value is -2.36. The Balaban J connectivity index is 2.18. The molecule has 2 aromatic rings. The van der Waals surface area contributed by atoms with Gasteiger partial charge in [-0.05, 0) is 23.3 Å². The quantitative estimate of drug-likeness (QED) is 0.881. The molecule has 4 nitrogen and oxygen atoms in total. The summed E-state index contributed by atoms with van der Waals surface area (Å²) < 4.78 is 0. The highest BCUT2D eigenvalue weighted by molar-refractivity contribution is 5.89. The molecule has 0 saturated heterocycles. The van der Waals surface area contributed by atoms with Crippen molar-refractivity contribution in [3.8, 4) is 0 Å². The molecule has 0 aliphatic rings. The first-order valence-electron chi connectivity index (χ1n) is 6.06. The largest absolute Gasteiger partial charge is 0.480 e. The third-order valence-corrected chi connectivity index (χ3v) is 3.08. The lowest BCUT2D eigenvalue weighted by molar-refractivity contribution is -0.138. The molecule has 0 aromatic heterocycles. The lowest BCUT2D eigenvalue weighted by Gasteiger charge is -2.12. The second kappa shape index (κ2) is 5.52. The van der Waals surface area contributed by atoms with Gasteiger partial charge in [-0.25, -0.2) is 0 Å². The predicted octanol–water partition coefficient (Wildman–Crippen LogP) is 2.14. The Morgan fingerprint density at radius 3 is 2.53 bits per heavy atom. The van der Waals surface area contributed by atoms with Gasteiger partial charge in [0.05, 0.1) is 5.92 Å². The summed E-state index contributed by atoms with van der Waals surface area (Å²) >= 11 is 0. The third kappa shape index (κ3) is 3.10. The van der Waals surface area contributed by atoms with E-state index in [1.54, 1.807) is 6.92 Å². The Labute approximate surface area is 111 Å². The Morgan fingerprint density at radius 1 is 1.16 bits per heavy atom. The first-order valence-corrected chi connectivity index (χ1v) is 6.06. The van der Waals surface area contributed by atoms with E-state index in [1.165, 1.54) is 0 Å². The molecule has 1 amide bonds. The number of carbonyl (C=O) groups is 2. The summed E-state index contributed by atoms with van der Waals surface area (Å²) in [6.07, 6.45) is 0. The molecule has 0 unspecified atom stereocenters. The number of carboxylic acids is 1. The van der Waals surface area contributed by atoms with Crippen LogP contribution in [0.15, 0.2) is 42.5 Å². The van der Waals surface area contributed by atoms with Crippen LogP contribution < -0.4 is 5.32 Å². The molecule has 1 atom stereocenters. The van der Waals surface area contributed by atoms with E-state index in [-0.39, 0.29) is 18.4 Å². The second-order valence-electron chi connectivity index (χ2n) is 4.44. The number of hydrogen-bond acceptors (Lipinski definition) is 2. The van der Waals surface area contributed by atoms with Crippen LogP contribution in [0, 0.1) is 0 Å². The molecule has 0 fully saturated rings. The zero-order valence-electron chi connectivity index (χ0n) is 10.6. The van der Waals surface area contributed by atoms with E-state index in [0.29, 0.717) is 0 Å². The van der Waals surface area contributed by atoms with Gasteiger partial charge < -0.3 is 10.4 Å². The lowest BCUT2D eigenvalue weighted by atomic mass is 9.97. The Kier molecular flexibility index (Phi) is 3.80. The van der Waals surface area contributed by atoms with Crippen molar-refractivity contribution in [1.29, 1.82) is 0 Å². The number of hydrogen-bond donors (Lipinski definition) is 2. The van der Waals surface area contributed by atoms with Gasteiger partial charge in [0.2, 0.25) is 5.91 Å². The van der Waals surface area contributed by atoms with Crippen LogP contribution in [0.4, 0.5) is 0 Å². The van der Waals surface area contributed by atoms with Gasteiger partial charge in [-0.1, -0.05) is 42.5 Å². The van der Waals surface area contributed by atoms with Crippen molar-refractivity contribution in [3.05, 3.63) is 48.0 Å². The molecule has 98 valence electrons. The van der Waals surface area contributed by atoms with Gasteiger partial charge in [-0.3, -0.25) is 9.59 Å². The molecular formula is C15H15NO3. The van der Waals surface area contributed by atoms with E-state index >= 15 is 0 Å². The maximum Gasteiger partial charge on any atom is 0.322 e. The summed E-state index contributed by atoms with van der Waals surface area (Å²) in [4.78, 5) is 22.2. The molecule has 0 bridgehead atoms. The fourth-order valence-electron chi connectivity index (χ4n) is 1.94. The molecule has 0 aliphatic heterocycles. The molecule has 4 heteroatoms. The van der Waals surface area contributed by atoms with Crippen LogP contribution in [0.1, 0.15) is 18.4 Å². The maximum absolute atomic E-state index is 11.8. The number of amides is 1. The summed E-state index contributed by atoms with van der Waals surface area (Å²) in [5, 5.41) is 13.1. The van der Waals surface area contributed by atoms with Crippen molar-refractivity contribution in [2.75, 3.05) is 6.54 Å². The number of nitrogens with one attached hydrogen (secondary N) is 1. The SMILES string of the molecule is C[C@H](C(=O)NCC(=O)O)c1ccc2ccccc2c1. The van der Waals surface area contributed by atoms with Gasteiger partial charge in [0.25, 0.3) is 0 Å². The minimum absolute atomic E-state index is 0.280. The monoisotopic (exact) mass is 257 g/mol. The fraction of sp³-hybridized carbons (Fsp3) is 0.200. The van der Waals surface area contributed by atoms with E-state index in [4.69, 9.17) is 5.11 Å². The third-order valence-electron chi connectivity index (χ3n) is 3.08. The summed E-state index contributed by atoms with van der Waals surface area (Å²) in [6, 6.07) is 13.7. The Morgan fingerprint density at radius 2 is 1.84 bits per heavy atom. The van der Waals surface area contributed by atoms with Crippen LogP contribution in [-0.2, 0) is 9.59 Å². The van der Waals surface area contributed by atoms with Gasteiger partial charge in [-0.15, -0.1) is 0 Å². The van der Waals surface area contributed by atoms with Crippen LogP contribution in [-0.4, -0.2) is 23.5 Å². The lowest BCUT2D eigenvalue weighted by Crippen LogP contribution is -2.32. The number of rotatable bonds is 4. The van der Waals surface area contributed by atoms with E-state index in [1.807, 2.05) is 42.5 Å². The van der Waals surface area contributed by atoms with E-state index in [0.717, 1.165) is 16.3 Å². The number of fused-ring (bicyclic) bond motifs is 1. The van der Waals surface area contributed by atoms with E-state index in [2.05, 4.69) is 5.32 Å². The van der Waals surface area contributed by atoms with Gasteiger partial charge in [0.15, 0.2) is 0 Å². The van der Waals surface area contributed by atoms with E-state index in [9.17, 15) is 9.59 Å². The first-order chi connectivity index (χ1) is 9.08. The van der Waals surface area contributed by atoms with Crippen LogP contribution in [0.5, 0.6) is 0 Å². The van der Waals surface area contributed by atoms with Gasteiger partial charge in [-0.2, -0.15) is 0 Å².